The number of hydrogen-bond donors (Lipinski definition) is 1. The highest BCUT2D eigenvalue weighted by Crippen LogP contribution is 2.19. The number of carbonyl (C=O) groups excluding carboxylic acids is 4. The van der Waals surface area contributed by atoms with Gasteiger partial charge in [0.05, 0.1) is 12.5 Å². The number of nitrogens with zero attached hydrogens (tertiary/aromatic N) is 1. The van der Waals surface area contributed by atoms with Crippen LogP contribution in [0.1, 0.15) is 37.0 Å². The van der Waals surface area contributed by atoms with Gasteiger partial charge in [-0.1, -0.05) is 12.1 Å². The summed E-state index contributed by atoms with van der Waals surface area (Å²) >= 11 is 0. The fourth-order valence-electron chi connectivity index (χ4n) is 2.72. The predicted molar refractivity (Wildman–Crippen MR) is 91.0 cm³/mol. The third kappa shape index (κ3) is 4.89. The molecular weight excluding hydrogens is 324 g/mol. The van der Waals surface area contributed by atoms with E-state index in [-0.39, 0.29) is 17.7 Å². The van der Waals surface area contributed by atoms with E-state index >= 15 is 0 Å². The average molecular weight is 346 g/mol. The number of amides is 2. The number of carbonyl (C=O) groups is 4. The zero-order valence-electron chi connectivity index (χ0n) is 14.4. The van der Waals surface area contributed by atoms with E-state index < -0.39 is 11.8 Å². The molecule has 1 heterocycles. The maximum Gasteiger partial charge on any atom is 0.313 e. The van der Waals surface area contributed by atoms with Crippen molar-refractivity contribution in [2.75, 3.05) is 25.0 Å². The van der Waals surface area contributed by atoms with Gasteiger partial charge in [0.2, 0.25) is 0 Å². The molecule has 7 heteroatoms. The van der Waals surface area contributed by atoms with Crippen molar-refractivity contribution in [2.45, 2.75) is 26.7 Å². The molecule has 1 aliphatic heterocycles. The van der Waals surface area contributed by atoms with E-state index in [1.807, 2.05) is 0 Å². The molecule has 1 saturated heterocycles. The first-order valence-corrected chi connectivity index (χ1v) is 8.30. The van der Waals surface area contributed by atoms with Gasteiger partial charge in [-0.05, 0) is 38.8 Å². The lowest BCUT2D eigenvalue weighted by Crippen LogP contribution is -2.45. The molecule has 1 aliphatic rings. The number of anilines is 1. The van der Waals surface area contributed by atoms with Crippen LogP contribution in [-0.2, 0) is 19.1 Å². The van der Waals surface area contributed by atoms with Crippen LogP contribution >= 0.6 is 0 Å². The third-order valence-corrected chi connectivity index (χ3v) is 4.12. The fourth-order valence-corrected chi connectivity index (χ4v) is 2.72. The number of ether oxygens (including phenoxy) is 1. The minimum absolute atomic E-state index is 0.122. The zero-order valence-corrected chi connectivity index (χ0v) is 14.4. The predicted octanol–water partition coefficient (Wildman–Crippen LogP) is 1.63. The molecule has 0 radical (unpaired) electrons. The van der Waals surface area contributed by atoms with Gasteiger partial charge in [-0.15, -0.1) is 0 Å². The number of Topliss-reactive ketones (excluding diaryl/α,β-unsaturated/α-hetero) is 1. The van der Waals surface area contributed by atoms with Gasteiger partial charge in [0, 0.05) is 24.3 Å². The number of nitrogens with one attached hydrogen (secondary N) is 1. The monoisotopic (exact) mass is 346 g/mol. The maximum atomic E-state index is 12.3. The number of hydrogen-bond acceptors (Lipinski definition) is 5. The number of rotatable bonds is 4. The highest BCUT2D eigenvalue weighted by molar-refractivity contribution is 6.39. The molecule has 1 aromatic carbocycles. The van der Waals surface area contributed by atoms with E-state index in [4.69, 9.17) is 4.74 Å². The van der Waals surface area contributed by atoms with Crippen molar-refractivity contribution in [1.29, 1.82) is 0 Å². The molecule has 25 heavy (non-hydrogen) atoms. The molecule has 7 nitrogen and oxygen atoms in total. The SMILES string of the molecule is CCOC(=O)C1CCN(C(=O)C(=O)Nc2cccc(C(C)=O)c2)CC1. The Bertz CT molecular complexity index is 678. The van der Waals surface area contributed by atoms with Crippen LogP contribution in [0.15, 0.2) is 24.3 Å². The smallest absolute Gasteiger partial charge is 0.313 e. The van der Waals surface area contributed by atoms with E-state index in [0.717, 1.165) is 0 Å². The van der Waals surface area contributed by atoms with Crippen molar-refractivity contribution in [3.05, 3.63) is 29.8 Å². The van der Waals surface area contributed by atoms with E-state index in [1.165, 1.54) is 17.9 Å². The Kier molecular flexibility index (Phi) is 6.27. The molecule has 0 aliphatic carbocycles. The van der Waals surface area contributed by atoms with Gasteiger partial charge in [0.15, 0.2) is 5.78 Å². The summed E-state index contributed by atoms with van der Waals surface area (Å²) in [6.45, 7) is 4.19. The summed E-state index contributed by atoms with van der Waals surface area (Å²) in [7, 11) is 0. The molecule has 2 rings (SSSR count). The van der Waals surface area contributed by atoms with Gasteiger partial charge >= 0.3 is 17.8 Å². The Balaban J connectivity index is 1.91. The summed E-state index contributed by atoms with van der Waals surface area (Å²) in [5.74, 6) is -1.99. The van der Waals surface area contributed by atoms with Crippen LogP contribution in [0.4, 0.5) is 5.69 Å². The second-order valence-electron chi connectivity index (χ2n) is 5.91. The Morgan fingerprint density at radius 3 is 2.48 bits per heavy atom. The van der Waals surface area contributed by atoms with Crippen molar-refractivity contribution < 1.29 is 23.9 Å². The van der Waals surface area contributed by atoms with E-state index in [9.17, 15) is 19.2 Å². The first kappa shape index (κ1) is 18.6. The molecule has 1 fully saturated rings. The molecular formula is C18H22N2O5. The van der Waals surface area contributed by atoms with E-state index in [0.29, 0.717) is 43.8 Å². The normalized spacial score (nSPS) is 14.7. The number of likely N-dealkylation sites (tertiary alicyclic amines) is 1. The highest BCUT2D eigenvalue weighted by Gasteiger charge is 2.30. The number of piperidine rings is 1. The van der Waals surface area contributed by atoms with Gasteiger partial charge in [-0.2, -0.15) is 0 Å². The van der Waals surface area contributed by atoms with Crippen molar-refractivity contribution in [3.63, 3.8) is 0 Å². The average Bonchev–Trinajstić information content (AvgIpc) is 2.61. The summed E-state index contributed by atoms with van der Waals surface area (Å²) in [5.41, 5.74) is 0.855. The summed E-state index contributed by atoms with van der Waals surface area (Å²) < 4.78 is 4.98. The molecule has 1 aromatic rings. The van der Waals surface area contributed by atoms with Gasteiger partial charge in [-0.25, -0.2) is 0 Å². The summed E-state index contributed by atoms with van der Waals surface area (Å²) in [6, 6.07) is 6.42. The van der Waals surface area contributed by atoms with Crippen LogP contribution in [-0.4, -0.2) is 48.2 Å². The Morgan fingerprint density at radius 1 is 1.20 bits per heavy atom. The Hall–Kier alpha value is -2.70. The second kappa shape index (κ2) is 8.41. The van der Waals surface area contributed by atoms with Crippen molar-refractivity contribution in [1.82, 2.24) is 4.90 Å². The highest BCUT2D eigenvalue weighted by atomic mass is 16.5. The summed E-state index contributed by atoms with van der Waals surface area (Å²) in [4.78, 5) is 48.9. The molecule has 0 saturated carbocycles. The van der Waals surface area contributed by atoms with Crippen LogP contribution in [0.2, 0.25) is 0 Å². The summed E-state index contributed by atoms with van der Waals surface area (Å²) in [6.07, 6.45) is 0.968. The fraction of sp³-hybridized carbons (Fsp3) is 0.444. The Morgan fingerprint density at radius 2 is 1.88 bits per heavy atom. The van der Waals surface area contributed by atoms with Gasteiger partial charge < -0.3 is 15.0 Å². The molecule has 0 bridgehead atoms. The van der Waals surface area contributed by atoms with Crippen molar-refractivity contribution >= 4 is 29.3 Å². The van der Waals surface area contributed by atoms with Crippen LogP contribution in [0, 0.1) is 5.92 Å². The van der Waals surface area contributed by atoms with Gasteiger partial charge in [-0.3, -0.25) is 19.2 Å². The lowest BCUT2D eigenvalue weighted by Gasteiger charge is -2.30. The molecule has 0 aromatic heterocycles. The van der Waals surface area contributed by atoms with Crippen molar-refractivity contribution in [3.8, 4) is 0 Å². The van der Waals surface area contributed by atoms with E-state index in [1.54, 1.807) is 25.1 Å². The van der Waals surface area contributed by atoms with Gasteiger partial charge in [0.25, 0.3) is 0 Å². The lowest BCUT2D eigenvalue weighted by molar-refractivity contribution is -0.152. The second-order valence-corrected chi connectivity index (χ2v) is 5.91. The molecule has 0 unspecified atom stereocenters. The number of ketones is 1. The zero-order chi connectivity index (χ0) is 18.4. The topological polar surface area (TPSA) is 92.8 Å². The quantitative estimate of drug-likeness (QED) is 0.508. The van der Waals surface area contributed by atoms with E-state index in [2.05, 4.69) is 5.32 Å². The lowest BCUT2D eigenvalue weighted by atomic mass is 9.97. The van der Waals surface area contributed by atoms with Crippen LogP contribution in [0.3, 0.4) is 0 Å². The standard InChI is InChI=1S/C18H22N2O5/c1-3-25-18(24)13-7-9-20(10-8-13)17(23)16(22)19-15-6-4-5-14(11-15)12(2)21/h4-6,11,13H,3,7-10H2,1-2H3,(H,19,22). The molecule has 134 valence electrons. The third-order valence-electron chi connectivity index (χ3n) is 4.12. The minimum Gasteiger partial charge on any atom is -0.466 e. The van der Waals surface area contributed by atoms with Crippen LogP contribution in [0.5, 0.6) is 0 Å². The maximum absolute atomic E-state index is 12.3. The first-order chi connectivity index (χ1) is 11.9. The molecule has 2 amide bonds. The largest absolute Gasteiger partial charge is 0.466 e. The molecule has 1 N–H and O–H groups in total. The summed E-state index contributed by atoms with van der Waals surface area (Å²) in [5, 5.41) is 2.51. The number of benzene rings is 1. The van der Waals surface area contributed by atoms with Crippen LogP contribution in [0.25, 0.3) is 0 Å². The van der Waals surface area contributed by atoms with Gasteiger partial charge in [0.1, 0.15) is 0 Å². The molecule has 0 spiro atoms. The first-order valence-electron chi connectivity index (χ1n) is 8.30. The van der Waals surface area contributed by atoms with Crippen LogP contribution < -0.4 is 5.32 Å². The Labute approximate surface area is 146 Å². The number of esters is 1. The van der Waals surface area contributed by atoms with Crippen molar-refractivity contribution in [2.24, 2.45) is 5.92 Å². The minimum atomic E-state index is -0.754. The molecule has 0 atom stereocenters.